The molecule has 1 amide bonds. The van der Waals surface area contributed by atoms with Gasteiger partial charge in [-0.05, 0) is 71.0 Å². The van der Waals surface area contributed by atoms with Crippen molar-refractivity contribution in [1.29, 1.82) is 5.26 Å². The Kier molecular flexibility index (Phi) is 7.20. The number of para-hydroxylation sites is 1. The van der Waals surface area contributed by atoms with E-state index in [1.54, 1.807) is 18.2 Å². The van der Waals surface area contributed by atoms with E-state index in [0.717, 1.165) is 9.13 Å². The van der Waals surface area contributed by atoms with Gasteiger partial charge in [0.05, 0.1) is 9.26 Å². The topological polar surface area (TPSA) is 62.1 Å². The van der Waals surface area contributed by atoms with Gasteiger partial charge in [0.1, 0.15) is 29.8 Å². The molecule has 0 aliphatic carbocycles. The van der Waals surface area contributed by atoms with Crippen LogP contribution < -0.4 is 10.1 Å². The Morgan fingerprint density at radius 2 is 1.97 bits per heavy atom. The lowest BCUT2D eigenvalue weighted by Gasteiger charge is -2.10. The zero-order chi connectivity index (χ0) is 21.5. The van der Waals surface area contributed by atoms with Gasteiger partial charge in [0.25, 0.3) is 5.91 Å². The highest BCUT2D eigenvalue weighted by Gasteiger charge is 2.12. The molecular formula is C24H18FIN2O2. The van der Waals surface area contributed by atoms with Crippen molar-refractivity contribution < 1.29 is 13.9 Å². The average Bonchev–Trinajstić information content (AvgIpc) is 2.73. The molecule has 3 aromatic carbocycles. The fraction of sp³-hybridized carbons (Fsp3) is 0.0833. The van der Waals surface area contributed by atoms with Crippen LogP contribution in [0.1, 0.15) is 16.7 Å². The molecule has 1 N–H and O–H groups in total. The van der Waals surface area contributed by atoms with Crippen LogP contribution in [0, 0.1) is 27.6 Å². The summed E-state index contributed by atoms with van der Waals surface area (Å²) in [5, 5.41) is 11.8. The zero-order valence-corrected chi connectivity index (χ0v) is 18.3. The second kappa shape index (κ2) is 10.0. The molecule has 0 fully saturated rings. The number of ether oxygens (including phenoxy) is 1. The number of halogens is 2. The SMILES string of the molecule is Cc1cccc(COc2ccc(/C=C(/C#N)C(=O)Nc3ccccc3F)cc2I)c1. The molecule has 0 aliphatic heterocycles. The fourth-order valence-corrected chi connectivity index (χ4v) is 3.45. The number of nitrogens with zero attached hydrogens (tertiary/aromatic N) is 1. The van der Waals surface area contributed by atoms with Crippen molar-refractivity contribution >= 4 is 40.3 Å². The van der Waals surface area contributed by atoms with Crippen LogP contribution in [0.4, 0.5) is 10.1 Å². The molecule has 0 atom stereocenters. The van der Waals surface area contributed by atoms with E-state index in [9.17, 15) is 14.4 Å². The van der Waals surface area contributed by atoms with Crippen LogP contribution in [0.2, 0.25) is 0 Å². The Bertz CT molecular complexity index is 1150. The molecule has 4 nitrogen and oxygen atoms in total. The van der Waals surface area contributed by atoms with Gasteiger partial charge in [-0.1, -0.05) is 48.0 Å². The predicted molar refractivity (Wildman–Crippen MR) is 123 cm³/mol. The molecule has 6 heteroatoms. The first-order chi connectivity index (χ1) is 14.5. The van der Waals surface area contributed by atoms with Crippen LogP contribution in [-0.4, -0.2) is 5.91 Å². The molecule has 0 heterocycles. The minimum Gasteiger partial charge on any atom is -0.488 e. The highest BCUT2D eigenvalue weighted by Crippen LogP contribution is 2.25. The maximum atomic E-state index is 13.7. The van der Waals surface area contributed by atoms with Gasteiger partial charge >= 0.3 is 0 Å². The molecule has 0 radical (unpaired) electrons. The summed E-state index contributed by atoms with van der Waals surface area (Å²) in [5.41, 5.74) is 2.82. The van der Waals surface area contributed by atoms with Crippen LogP contribution in [0.25, 0.3) is 6.08 Å². The minimum absolute atomic E-state index is 0.0260. The number of carbonyl (C=O) groups excluding carboxylic acids is 1. The summed E-state index contributed by atoms with van der Waals surface area (Å²) in [4.78, 5) is 12.3. The number of hydrogen-bond donors (Lipinski definition) is 1. The van der Waals surface area contributed by atoms with E-state index >= 15 is 0 Å². The fourth-order valence-electron chi connectivity index (χ4n) is 2.75. The van der Waals surface area contributed by atoms with Crippen LogP contribution in [0.15, 0.2) is 72.3 Å². The summed E-state index contributed by atoms with van der Waals surface area (Å²) in [5.74, 6) is -0.520. The predicted octanol–water partition coefficient (Wildman–Crippen LogP) is 5.86. The van der Waals surface area contributed by atoms with Crippen molar-refractivity contribution in [3.63, 3.8) is 0 Å². The monoisotopic (exact) mass is 512 g/mol. The van der Waals surface area contributed by atoms with Crippen LogP contribution in [-0.2, 0) is 11.4 Å². The van der Waals surface area contributed by atoms with Crippen molar-refractivity contribution in [1.82, 2.24) is 0 Å². The first kappa shape index (κ1) is 21.5. The average molecular weight is 512 g/mol. The molecular weight excluding hydrogens is 494 g/mol. The summed E-state index contributed by atoms with van der Waals surface area (Å²) in [6.45, 7) is 2.48. The normalized spacial score (nSPS) is 10.9. The summed E-state index contributed by atoms with van der Waals surface area (Å²) in [6, 6.07) is 21.1. The molecule has 0 unspecified atom stereocenters. The van der Waals surface area contributed by atoms with Crippen LogP contribution >= 0.6 is 22.6 Å². The van der Waals surface area contributed by atoms with Gasteiger partial charge in [-0.2, -0.15) is 5.26 Å². The molecule has 0 bridgehead atoms. The van der Waals surface area contributed by atoms with E-state index in [1.807, 2.05) is 37.3 Å². The van der Waals surface area contributed by atoms with Crippen molar-refractivity contribution in [3.8, 4) is 11.8 Å². The molecule has 0 saturated heterocycles. The van der Waals surface area contributed by atoms with Crippen LogP contribution in [0.5, 0.6) is 5.75 Å². The quantitative estimate of drug-likeness (QED) is 0.256. The van der Waals surface area contributed by atoms with Crippen molar-refractivity contribution in [2.75, 3.05) is 5.32 Å². The third-order valence-electron chi connectivity index (χ3n) is 4.23. The third-order valence-corrected chi connectivity index (χ3v) is 5.07. The van der Waals surface area contributed by atoms with E-state index in [-0.39, 0.29) is 11.3 Å². The molecule has 30 heavy (non-hydrogen) atoms. The first-order valence-corrected chi connectivity index (χ1v) is 10.2. The first-order valence-electron chi connectivity index (χ1n) is 9.12. The van der Waals surface area contributed by atoms with Gasteiger partial charge in [0.2, 0.25) is 0 Å². The Hall–Kier alpha value is -3.18. The number of nitriles is 1. The minimum atomic E-state index is -0.669. The van der Waals surface area contributed by atoms with E-state index in [1.165, 1.54) is 29.8 Å². The zero-order valence-electron chi connectivity index (χ0n) is 16.2. The Balaban J connectivity index is 1.72. The molecule has 3 aromatic rings. The van der Waals surface area contributed by atoms with Gasteiger partial charge in [-0.25, -0.2) is 4.39 Å². The molecule has 3 rings (SSSR count). The molecule has 0 aromatic heterocycles. The number of carbonyl (C=O) groups is 1. The van der Waals surface area contributed by atoms with E-state index < -0.39 is 11.7 Å². The van der Waals surface area contributed by atoms with Gasteiger partial charge in [0.15, 0.2) is 0 Å². The summed E-state index contributed by atoms with van der Waals surface area (Å²) < 4.78 is 20.5. The molecule has 0 saturated carbocycles. The number of rotatable bonds is 6. The molecule has 0 aliphatic rings. The standard InChI is InChI=1S/C24H18FIN2O2/c1-16-5-4-6-18(11-16)15-30-23-10-9-17(13-21(23)26)12-19(14-27)24(29)28-22-8-3-2-7-20(22)25/h2-13H,15H2,1H3,(H,28,29)/b19-12-. The second-order valence-corrected chi connectivity index (χ2v) is 7.73. The van der Waals surface area contributed by atoms with Gasteiger partial charge < -0.3 is 10.1 Å². The number of nitrogens with one attached hydrogen (secondary N) is 1. The smallest absolute Gasteiger partial charge is 0.266 e. The van der Waals surface area contributed by atoms with Crippen LogP contribution in [0.3, 0.4) is 0 Å². The van der Waals surface area contributed by atoms with Crippen molar-refractivity contribution in [2.24, 2.45) is 0 Å². The van der Waals surface area contributed by atoms with Gasteiger partial charge in [-0.15, -0.1) is 0 Å². The molecule has 150 valence electrons. The Labute approximate surface area is 188 Å². The lowest BCUT2D eigenvalue weighted by Crippen LogP contribution is -2.14. The lowest BCUT2D eigenvalue weighted by atomic mass is 10.1. The van der Waals surface area contributed by atoms with E-state index in [4.69, 9.17) is 4.74 Å². The third kappa shape index (κ3) is 5.67. The number of aryl methyl sites for hydroxylation is 1. The van der Waals surface area contributed by atoms with Gasteiger partial charge in [-0.3, -0.25) is 4.79 Å². The van der Waals surface area contributed by atoms with Crippen molar-refractivity contribution in [3.05, 3.63) is 98.4 Å². The second-order valence-electron chi connectivity index (χ2n) is 6.57. The largest absolute Gasteiger partial charge is 0.488 e. The number of benzene rings is 3. The number of amides is 1. The lowest BCUT2D eigenvalue weighted by molar-refractivity contribution is -0.112. The van der Waals surface area contributed by atoms with E-state index in [2.05, 4.69) is 34.0 Å². The van der Waals surface area contributed by atoms with E-state index in [0.29, 0.717) is 17.9 Å². The Morgan fingerprint density at radius 3 is 2.67 bits per heavy atom. The Morgan fingerprint density at radius 1 is 1.17 bits per heavy atom. The summed E-state index contributed by atoms with van der Waals surface area (Å²) in [6.07, 6.45) is 1.46. The molecule has 0 spiro atoms. The van der Waals surface area contributed by atoms with Gasteiger partial charge in [0, 0.05) is 0 Å². The number of hydrogen-bond acceptors (Lipinski definition) is 3. The highest BCUT2D eigenvalue weighted by atomic mass is 127. The maximum Gasteiger partial charge on any atom is 0.266 e. The highest BCUT2D eigenvalue weighted by molar-refractivity contribution is 14.1. The maximum absolute atomic E-state index is 13.7. The summed E-state index contributed by atoms with van der Waals surface area (Å²) in [7, 11) is 0. The number of anilines is 1. The summed E-state index contributed by atoms with van der Waals surface area (Å²) >= 11 is 2.15. The van der Waals surface area contributed by atoms with Crippen molar-refractivity contribution in [2.45, 2.75) is 13.5 Å².